The number of rotatable bonds is 2. The van der Waals surface area contributed by atoms with E-state index in [2.05, 4.69) is 42.5 Å². The molecule has 0 unspecified atom stereocenters. The van der Waals surface area contributed by atoms with Crippen LogP contribution in [-0.2, 0) is 0 Å². The molecule has 1 nitrogen and oxygen atoms in total. The third kappa shape index (κ3) is 2.33. The standard InChI is InChI=1S/C24H15ClO/c25-21-14-7-11-17(16-8-2-1-3-9-16)23(21)20-13-6-12-19-18-10-4-5-15-22(18)26-24(19)20/h1-15H. The van der Waals surface area contributed by atoms with Crippen molar-refractivity contribution in [3.63, 3.8) is 0 Å². The van der Waals surface area contributed by atoms with Gasteiger partial charge in [-0.15, -0.1) is 0 Å². The van der Waals surface area contributed by atoms with Gasteiger partial charge in [0.15, 0.2) is 0 Å². The van der Waals surface area contributed by atoms with Crippen molar-refractivity contribution < 1.29 is 4.42 Å². The number of fused-ring (bicyclic) bond motifs is 3. The first-order valence-electron chi connectivity index (χ1n) is 8.57. The molecule has 0 fully saturated rings. The zero-order valence-electron chi connectivity index (χ0n) is 13.9. The molecule has 26 heavy (non-hydrogen) atoms. The van der Waals surface area contributed by atoms with Crippen LogP contribution in [0.3, 0.4) is 0 Å². The fourth-order valence-electron chi connectivity index (χ4n) is 3.60. The van der Waals surface area contributed by atoms with E-state index in [0.717, 1.165) is 49.2 Å². The maximum Gasteiger partial charge on any atom is 0.143 e. The lowest BCUT2D eigenvalue weighted by atomic mass is 9.93. The van der Waals surface area contributed by atoms with Crippen molar-refractivity contribution in [2.24, 2.45) is 0 Å². The topological polar surface area (TPSA) is 13.1 Å². The summed E-state index contributed by atoms with van der Waals surface area (Å²) in [6, 6.07) is 30.7. The van der Waals surface area contributed by atoms with E-state index in [9.17, 15) is 0 Å². The van der Waals surface area contributed by atoms with Gasteiger partial charge in [0.05, 0.1) is 0 Å². The summed E-state index contributed by atoms with van der Waals surface area (Å²) in [5.41, 5.74) is 6.03. The molecule has 5 rings (SSSR count). The Labute approximate surface area is 156 Å². The lowest BCUT2D eigenvalue weighted by Crippen LogP contribution is -1.87. The van der Waals surface area contributed by atoms with Gasteiger partial charge >= 0.3 is 0 Å². The third-order valence-corrected chi connectivity index (χ3v) is 5.09. The minimum Gasteiger partial charge on any atom is -0.455 e. The smallest absolute Gasteiger partial charge is 0.143 e. The monoisotopic (exact) mass is 354 g/mol. The molecule has 1 heterocycles. The molecular weight excluding hydrogens is 340 g/mol. The van der Waals surface area contributed by atoms with Crippen LogP contribution in [0.25, 0.3) is 44.2 Å². The summed E-state index contributed by atoms with van der Waals surface area (Å²) in [5.74, 6) is 0. The number of benzene rings is 4. The van der Waals surface area contributed by atoms with Gasteiger partial charge in [0.2, 0.25) is 0 Å². The van der Waals surface area contributed by atoms with Gasteiger partial charge in [0, 0.05) is 26.9 Å². The van der Waals surface area contributed by atoms with Crippen molar-refractivity contribution in [1.82, 2.24) is 0 Å². The van der Waals surface area contributed by atoms with E-state index in [1.165, 1.54) is 0 Å². The van der Waals surface area contributed by atoms with Gasteiger partial charge in [0.25, 0.3) is 0 Å². The van der Waals surface area contributed by atoms with Gasteiger partial charge in [-0.2, -0.15) is 0 Å². The van der Waals surface area contributed by atoms with Gasteiger partial charge in [0.1, 0.15) is 11.2 Å². The summed E-state index contributed by atoms with van der Waals surface area (Å²) >= 11 is 6.67. The predicted molar refractivity (Wildman–Crippen MR) is 110 cm³/mol. The molecule has 0 radical (unpaired) electrons. The molecule has 0 bridgehead atoms. The lowest BCUT2D eigenvalue weighted by molar-refractivity contribution is 0.670. The van der Waals surface area contributed by atoms with Crippen LogP contribution < -0.4 is 0 Å². The maximum absolute atomic E-state index is 6.67. The van der Waals surface area contributed by atoms with Gasteiger partial charge in [-0.3, -0.25) is 0 Å². The summed E-state index contributed by atoms with van der Waals surface area (Å²) in [7, 11) is 0. The zero-order chi connectivity index (χ0) is 17.5. The van der Waals surface area contributed by atoms with Crippen molar-refractivity contribution in [1.29, 1.82) is 0 Å². The Balaban J connectivity index is 1.87. The Kier molecular flexibility index (Phi) is 3.55. The molecule has 0 aliphatic carbocycles. The SMILES string of the molecule is Clc1cccc(-c2ccccc2)c1-c1cccc2c1oc1ccccc12. The minimum absolute atomic E-state index is 0.722. The molecule has 124 valence electrons. The molecule has 1 aromatic heterocycles. The Bertz CT molecular complexity index is 1240. The first kappa shape index (κ1) is 15.2. The quantitative estimate of drug-likeness (QED) is 0.318. The van der Waals surface area contributed by atoms with Gasteiger partial charge < -0.3 is 4.42 Å². The van der Waals surface area contributed by atoms with Crippen molar-refractivity contribution in [3.8, 4) is 22.3 Å². The highest BCUT2D eigenvalue weighted by molar-refractivity contribution is 6.34. The van der Waals surface area contributed by atoms with Crippen molar-refractivity contribution in [2.75, 3.05) is 0 Å². The Hall–Kier alpha value is -3.03. The molecule has 0 aliphatic rings. The van der Waals surface area contributed by atoms with E-state index >= 15 is 0 Å². The molecule has 0 N–H and O–H groups in total. The first-order valence-corrected chi connectivity index (χ1v) is 8.95. The summed E-state index contributed by atoms with van der Waals surface area (Å²) in [6.45, 7) is 0. The second-order valence-electron chi connectivity index (χ2n) is 6.31. The van der Waals surface area contributed by atoms with E-state index in [0.29, 0.717) is 0 Å². The molecule has 4 aromatic carbocycles. The highest BCUT2D eigenvalue weighted by atomic mass is 35.5. The van der Waals surface area contributed by atoms with Crippen molar-refractivity contribution >= 4 is 33.5 Å². The number of hydrogen-bond acceptors (Lipinski definition) is 1. The van der Waals surface area contributed by atoms with Crippen LogP contribution in [0.1, 0.15) is 0 Å². The van der Waals surface area contributed by atoms with Crippen LogP contribution in [0.4, 0.5) is 0 Å². The zero-order valence-corrected chi connectivity index (χ0v) is 14.7. The van der Waals surface area contributed by atoms with Gasteiger partial charge in [-0.25, -0.2) is 0 Å². The van der Waals surface area contributed by atoms with Crippen LogP contribution in [0.2, 0.25) is 5.02 Å². The lowest BCUT2D eigenvalue weighted by Gasteiger charge is -2.12. The number of hydrogen-bond donors (Lipinski definition) is 0. The summed E-state index contributed by atoms with van der Waals surface area (Å²) < 4.78 is 6.23. The van der Waals surface area contributed by atoms with Gasteiger partial charge in [-0.05, 0) is 23.3 Å². The third-order valence-electron chi connectivity index (χ3n) is 4.77. The van der Waals surface area contributed by atoms with Crippen LogP contribution in [-0.4, -0.2) is 0 Å². The van der Waals surface area contributed by atoms with Crippen LogP contribution in [0.5, 0.6) is 0 Å². The average Bonchev–Trinajstić information content (AvgIpc) is 3.07. The average molecular weight is 355 g/mol. The maximum atomic E-state index is 6.67. The minimum atomic E-state index is 0.722. The molecule has 0 spiro atoms. The van der Waals surface area contributed by atoms with Gasteiger partial charge in [-0.1, -0.05) is 90.5 Å². The number of halogens is 1. The molecule has 0 saturated carbocycles. The molecule has 5 aromatic rings. The number of furan rings is 1. The van der Waals surface area contributed by atoms with E-state index < -0.39 is 0 Å². The molecule has 0 atom stereocenters. The normalized spacial score (nSPS) is 11.3. The largest absolute Gasteiger partial charge is 0.455 e. The molecule has 0 amide bonds. The predicted octanol–water partition coefficient (Wildman–Crippen LogP) is 7.57. The Morgan fingerprint density at radius 3 is 2.15 bits per heavy atom. The van der Waals surface area contributed by atoms with E-state index in [4.69, 9.17) is 16.0 Å². The fourth-order valence-corrected chi connectivity index (χ4v) is 3.88. The van der Waals surface area contributed by atoms with Crippen molar-refractivity contribution in [2.45, 2.75) is 0 Å². The molecule has 2 heteroatoms. The van der Waals surface area contributed by atoms with E-state index in [1.807, 2.05) is 48.5 Å². The molecule has 0 aliphatic heterocycles. The Morgan fingerprint density at radius 2 is 1.27 bits per heavy atom. The Morgan fingerprint density at radius 1 is 0.577 bits per heavy atom. The summed E-state index contributed by atoms with van der Waals surface area (Å²) in [6.07, 6.45) is 0. The number of para-hydroxylation sites is 2. The second kappa shape index (κ2) is 6.05. The van der Waals surface area contributed by atoms with E-state index in [-0.39, 0.29) is 0 Å². The highest BCUT2D eigenvalue weighted by Crippen LogP contribution is 2.42. The summed E-state index contributed by atoms with van der Waals surface area (Å²) in [4.78, 5) is 0. The van der Waals surface area contributed by atoms with E-state index in [1.54, 1.807) is 0 Å². The van der Waals surface area contributed by atoms with Crippen molar-refractivity contribution in [3.05, 3.63) is 96.0 Å². The first-order chi connectivity index (χ1) is 12.8. The van der Waals surface area contributed by atoms with Crippen LogP contribution in [0, 0.1) is 0 Å². The van der Waals surface area contributed by atoms with Crippen LogP contribution >= 0.6 is 11.6 Å². The summed E-state index contributed by atoms with van der Waals surface area (Å²) in [5, 5.41) is 2.95. The van der Waals surface area contributed by atoms with Crippen LogP contribution in [0.15, 0.2) is 95.4 Å². The second-order valence-corrected chi connectivity index (χ2v) is 6.72. The highest BCUT2D eigenvalue weighted by Gasteiger charge is 2.17. The molecule has 0 saturated heterocycles. The fraction of sp³-hybridized carbons (Fsp3) is 0. The molecular formula is C24H15ClO.